The third kappa shape index (κ3) is 4.20. The fraction of sp³-hybridized carbons (Fsp3) is 0.917. The Morgan fingerprint density at radius 3 is 2.67 bits per heavy atom. The van der Waals surface area contributed by atoms with E-state index in [2.05, 4.69) is 20.8 Å². The first-order chi connectivity index (χ1) is 7.19. The van der Waals surface area contributed by atoms with E-state index in [4.69, 9.17) is 9.47 Å². The van der Waals surface area contributed by atoms with Crippen molar-refractivity contribution in [2.24, 2.45) is 11.8 Å². The topological polar surface area (TPSA) is 38.8 Å². The van der Waals surface area contributed by atoms with E-state index in [1.54, 1.807) is 0 Å². The number of hydrogen-bond donors (Lipinski definition) is 0. The van der Waals surface area contributed by atoms with Crippen molar-refractivity contribution in [2.45, 2.75) is 46.1 Å². The molecule has 3 heteroatoms. The summed E-state index contributed by atoms with van der Waals surface area (Å²) < 4.78 is 10.1. The molecule has 0 aromatic carbocycles. The molecule has 15 heavy (non-hydrogen) atoms. The highest BCUT2D eigenvalue weighted by molar-refractivity contribution is 5.76. The zero-order valence-corrected chi connectivity index (χ0v) is 9.99. The molecule has 0 N–H and O–H groups in total. The molecule has 0 radical (unpaired) electrons. The van der Waals surface area contributed by atoms with Crippen LogP contribution in [0.5, 0.6) is 0 Å². The van der Waals surface area contributed by atoms with E-state index in [1.807, 2.05) is 0 Å². The summed E-state index contributed by atoms with van der Waals surface area (Å²) in [6, 6.07) is 0. The van der Waals surface area contributed by atoms with Crippen LogP contribution in [0.2, 0.25) is 0 Å². The number of esters is 1. The van der Waals surface area contributed by atoms with Gasteiger partial charge in [0.05, 0.1) is 13.2 Å². The Labute approximate surface area is 92.1 Å². The highest BCUT2D eigenvalue weighted by Crippen LogP contribution is 2.22. The smallest absolute Gasteiger partial charge is 0.337 e. The maximum absolute atomic E-state index is 11.2. The maximum atomic E-state index is 11.2. The van der Waals surface area contributed by atoms with E-state index in [9.17, 15) is 4.79 Å². The van der Waals surface area contributed by atoms with E-state index in [0.29, 0.717) is 25.0 Å². The van der Waals surface area contributed by atoms with Crippen molar-refractivity contribution in [1.82, 2.24) is 0 Å². The highest BCUT2D eigenvalue weighted by atomic mass is 16.6. The first-order valence-electron chi connectivity index (χ1n) is 5.97. The van der Waals surface area contributed by atoms with Crippen LogP contribution in [0.3, 0.4) is 0 Å². The van der Waals surface area contributed by atoms with Crippen LogP contribution in [-0.4, -0.2) is 25.3 Å². The van der Waals surface area contributed by atoms with E-state index >= 15 is 0 Å². The average Bonchev–Trinajstić information content (AvgIpc) is 3.05. The SMILES string of the molecule is CCCC(CC)C(C)COC(=O)C1CO1. The van der Waals surface area contributed by atoms with Crippen LogP contribution in [0.4, 0.5) is 0 Å². The predicted octanol–water partition coefficient (Wildman–Crippen LogP) is 2.39. The summed E-state index contributed by atoms with van der Waals surface area (Å²) in [4.78, 5) is 11.2. The van der Waals surface area contributed by atoms with Gasteiger partial charge in [-0.05, 0) is 11.8 Å². The second kappa shape index (κ2) is 6.11. The molecule has 3 atom stereocenters. The van der Waals surface area contributed by atoms with Gasteiger partial charge in [-0.15, -0.1) is 0 Å². The largest absolute Gasteiger partial charge is 0.463 e. The summed E-state index contributed by atoms with van der Waals surface area (Å²) in [5, 5.41) is 0. The monoisotopic (exact) mass is 214 g/mol. The molecule has 0 aliphatic carbocycles. The van der Waals surface area contributed by atoms with Gasteiger partial charge in [0.1, 0.15) is 0 Å². The van der Waals surface area contributed by atoms with E-state index < -0.39 is 0 Å². The van der Waals surface area contributed by atoms with Gasteiger partial charge in [0, 0.05) is 0 Å². The van der Waals surface area contributed by atoms with Crippen LogP contribution in [0.25, 0.3) is 0 Å². The molecule has 0 aromatic heterocycles. The molecule has 0 amide bonds. The number of epoxide rings is 1. The van der Waals surface area contributed by atoms with Crippen molar-refractivity contribution in [2.75, 3.05) is 13.2 Å². The van der Waals surface area contributed by atoms with Gasteiger partial charge in [0.15, 0.2) is 6.10 Å². The first kappa shape index (κ1) is 12.5. The molecular weight excluding hydrogens is 192 g/mol. The molecule has 0 bridgehead atoms. The predicted molar refractivity (Wildman–Crippen MR) is 58.6 cm³/mol. The summed E-state index contributed by atoms with van der Waals surface area (Å²) in [7, 11) is 0. The quantitative estimate of drug-likeness (QED) is 0.482. The Balaban J connectivity index is 2.19. The molecule has 0 spiro atoms. The summed E-state index contributed by atoms with van der Waals surface area (Å²) in [6.07, 6.45) is 3.31. The van der Waals surface area contributed by atoms with Gasteiger partial charge in [0.2, 0.25) is 0 Å². The normalized spacial score (nSPS) is 23.3. The third-order valence-corrected chi connectivity index (χ3v) is 3.07. The minimum atomic E-state index is -0.261. The molecule has 1 rings (SSSR count). The third-order valence-electron chi connectivity index (χ3n) is 3.07. The van der Waals surface area contributed by atoms with Crippen molar-refractivity contribution in [3.05, 3.63) is 0 Å². The van der Waals surface area contributed by atoms with Crippen molar-refractivity contribution in [3.63, 3.8) is 0 Å². The standard InChI is InChI=1S/C12H22O3/c1-4-6-10(5-2)9(3)7-15-12(13)11-8-14-11/h9-11H,4-8H2,1-3H3. The second-order valence-corrected chi connectivity index (χ2v) is 4.39. The molecule has 0 saturated carbocycles. The molecule has 1 aliphatic rings. The fourth-order valence-electron chi connectivity index (χ4n) is 1.89. The van der Waals surface area contributed by atoms with Crippen LogP contribution in [-0.2, 0) is 14.3 Å². The lowest BCUT2D eigenvalue weighted by molar-refractivity contribution is -0.146. The molecule has 3 nitrogen and oxygen atoms in total. The minimum Gasteiger partial charge on any atom is -0.463 e. The van der Waals surface area contributed by atoms with Crippen molar-refractivity contribution >= 4 is 5.97 Å². The molecule has 88 valence electrons. The number of ether oxygens (including phenoxy) is 2. The van der Waals surface area contributed by atoms with Crippen molar-refractivity contribution in [1.29, 1.82) is 0 Å². The molecule has 1 fully saturated rings. The lowest BCUT2D eigenvalue weighted by Gasteiger charge is -2.21. The second-order valence-electron chi connectivity index (χ2n) is 4.39. The lowest BCUT2D eigenvalue weighted by atomic mass is 9.88. The Morgan fingerprint density at radius 1 is 1.53 bits per heavy atom. The van der Waals surface area contributed by atoms with Crippen LogP contribution < -0.4 is 0 Å². The molecular formula is C12H22O3. The maximum Gasteiger partial charge on any atom is 0.337 e. The summed E-state index contributed by atoms with van der Waals surface area (Å²) in [5.41, 5.74) is 0. The van der Waals surface area contributed by atoms with Gasteiger partial charge >= 0.3 is 5.97 Å². The number of carbonyl (C=O) groups is 1. The first-order valence-corrected chi connectivity index (χ1v) is 5.97. The Bertz CT molecular complexity index is 199. The van der Waals surface area contributed by atoms with Crippen LogP contribution in [0.1, 0.15) is 40.0 Å². The highest BCUT2D eigenvalue weighted by Gasteiger charge is 2.33. The molecule has 1 saturated heterocycles. The van der Waals surface area contributed by atoms with E-state index in [-0.39, 0.29) is 12.1 Å². The van der Waals surface area contributed by atoms with E-state index in [0.717, 1.165) is 6.42 Å². The number of hydrogen-bond acceptors (Lipinski definition) is 3. The molecule has 3 unspecified atom stereocenters. The molecule has 1 aliphatic heterocycles. The number of carbonyl (C=O) groups excluding carboxylic acids is 1. The van der Waals surface area contributed by atoms with Gasteiger partial charge in [0.25, 0.3) is 0 Å². The Morgan fingerprint density at radius 2 is 2.20 bits per heavy atom. The fourth-order valence-corrected chi connectivity index (χ4v) is 1.89. The Hall–Kier alpha value is -0.570. The van der Waals surface area contributed by atoms with Gasteiger partial charge in [-0.25, -0.2) is 4.79 Å². The van der Waals surface area contributed by atoms with Gasteiger partial charge in [-0.3, -0.25) is 0 Å². The lowest BCUT2D eigenvalue weighted by Crippen LogP contribution is -2.21. The summed E-state index contributed by atoms with van der Waals surface area (Å²) in [5.74, 6) is 0.939. The van der Waals surface area contributed by atoms with Crippen LogP contribution >= 0.6 is 0 Å². The minimum absolute atomic E-state index is 0.187. The summed E-state index contributed by atoms with van der Waals surface area (Å²) >= 11 is 0. The molecule has 0 aromatic rings. The van der Waals surface area contributed by atoms with Crippen molar-refractivity contribution < 1.29 is 14.3 Å². The Kier molecular flexibility index (Phi) is 5.09. The average molecular weight is 214 g/mol. The van der Waals surface area contributed by atoms with Crippen LogP contribution in [0, 0.1) is 11.8 Å². The van der Waals surface area contributed by atoms with Gasteiger partial charge in [-0.2, -0.15) is 0 Å². The summed E-state index contributed by atoms with van der Waals surface area (Å²) in [6.45, 7) is 7.63. The van der Waals surface area contributed by atoms with Crippen molar-refractivity contribution in [3.8, 4) is 0 Å². The molecule has 1 heterocycles. The van der Waals surface area contributed by atoms with Crippen LogP contribution in [0.15, 0.2) is 0 Å². The zero-order chi connectivity index (χ0) is 11.3. The van der Waals surface area contributed by atoms with E-state index in [1.165, 1.54) is 12.8 Å². The number of rotatable bonds is 7. The van der Waals surface area contributed by atoms with Gasteiger partial charge < -0.3 is 9.47 Å². The zero-order valence-electron chi connectivity index (χ0n) is 9.99. The van der Waals surface area contributed by atoms with Gasteiger partial charge in [-0.1, -0.05) is 40.0 Å².